The van der Waals surface area contributed by atoms with Crippen molar-refractivity contribution < 1.29 is 14.3 Å². The zero-order valence-electron chi connectivity index (χ0n) is 18.1. The van der Waals surface area contributed by atoms with Gasteiger partial charge in [0.2, 0.25) is 5.91 Å². The van der Waals surface area contributed by atoms with Crippen molar-refractivity contribution in [2.45, 2.75) is 6.42 Å². The van der Waals surface area contributed by atoms with Gasteiger partial charge in [-0.15, -0.1) is 10.2 Å². The van der Waals surface area contributed by atoms with Crippen molar-refractivity contribution in [3.8, 4) is 22.8 Å². The summed E-state index contributed by atoms with van der Waals surface area (Å²) < 4.78 is 11.8. The molecule has 0 bridgehead atoms. The summed E-state index contributed by atoms with van der Waals surface area (Å²) in [6.45, 7) is 2.79. The van der Waals surface area contributed by atoms with Gasteiger partial charge in [0.1, 0.15) is 11.5 Å². The number of ether oxygens (including phenoxy) is 2. The maximum absolute atomic E-state index is 12.7. The second-order valence-corrected chi connectivity index (χ2v) is 8.43. The van der Waals surface area contributed by atoms with E-state index in [1.807, 2.05) is 59.5 Å². The average molecular weight is 497 g/mol. The van der Waals surface area contributed by atoms with Crippen molar-refractivity contribution >= 4 is 27.7 Å². The molecule has 0 unspecified atom stereocenters. The van der Waals surface area contributed by atoms with Crippen LogP contribution >= 0.6 is 15.9 Å². The molecule has 3 aromatic rings. The van der Waals surface area contributed by atoms with Gasteiger partial charge in [-0.25, -0.2) is 0 Å². The van der Waals surface area contributed by atoms with Crippen LogP contribution in [-0.2, 0) is 11.2 Å². The Balaban J connectivity index is 1.38. The number of hydrogen-bond donors (Lipinski definition) is 0. The molecule has 8 heteroatoms. The minimum absolute atomic E-state index is 0.151. The molecule has 2 heterocycles. The number of hydrogen-bond acceptors (Lipinski definition) is 6. The van der Waals surface area contributed by atoms with Crippen LogP contribution in [0.15, 0.2) is 59.1 Å². The Hall–Kier alpha value is -3.13. The molecule has 32 heavy (non-hydrogen) atoms. The summed E-state index contributed by atoms with van der Waals surface area (Å²) in [5.41, 5.74) is 2.57. The standard InChI is InChI=1S/C24H25BrN4O3/c1-31-19-7-9-22(32-2)20(16-19)21-8-10-23(27-26-21)28-11-13-29(14-12-28)24(30)15-17-3-5-18(25)6-4-17/h3-10,16H,11-15H2,1-2H3. The highest BCUT2D eigenvalue weighted by atomic mass is 79.9. The molecule has 0 aliphatic carbocycles. The summed E-state index contributed by atoms with van der Waals surface area (Å²) >= 11 is 3.42. The molecular weight excluding hydrogens is 472 g/mol. The van der Waals surface area contributed by atoms with Gasteiger partial charge in [-0.2, -0.15) is 0 Å². The van der Waals surface area contributed by atoms with Crippen LogP contribution in [0.2, 0.25) is 0 Å². The van der Waals surface area contributed by atoms with Crippen molar-refractivity contribution in [2.24, 2.45) is 0 Å². The predicted molar refractivity (Wildman–Crippen MR) is 127 cm³/mol. The lowest BCUT2D eigenvalue weighted by Gasteiger charge is -2.35. The Bertz CT molecular complexity index is 1070. The van der Waals surface area contributed by atoms with Crippen LogP contribution in [0.4, 0.5) is 5.82 Å². The van der Waals surface area contributed by atoms with Gasteiger partial charge < -0.3 is 19.3 Å². The van der Waals surface area contributed by atoms with E-state index in [4.69, 9.17) is 9.47 Å². The zero-order valence-corrected chi connectivity index (χ0v) is 19.7. The van der Waals surface area contributed by atoms with Crippen molar-refractivity contribution in [3.63, 3.8) is 0 Å². The number of carbonyl (C=O) groups is 1. The summed E-state index contributed by atoms with van der Waals surface area (Å²) in [4.78, 5) is 16.7. The molecule has 0 radical (unpaired) electrons. The number of halogens is 1. The number of benzene rings is 2. The van der Waals surface area contributed by atoms with Crippen LogP contribution < -0.4 is 14.4 Å². The normalized spacial score (nSPS) is 13.7. The van der Waals surface area contributed by atoms with Crippen molar-refractivity contribution in [3.05, 3.63) is 64.6 Å². The molecule has 0 saturated carbocycles. The Kier molecular flexibility index (Phi) is 6.90. The molecule has 1 aliphatic rings. The van der Waals surface area contributed by atoms with Gasteiger partial charge >= 0.3 is 0 Å². The number of piperazine rings is 1. The van der Waals surface area contributed by atoms with Gasteiger partial charge in [-0.1, -0.05) is 28.1 Å². The molecular formula is C24H25BrN4O3. The van der Waals surface area contributed by atoms with E-state index in [2.05, 4.69) is 31.0 Å². The summed E-state index contributed by atoms with van der Waals surface area (Å²) in [6.07, 6.45) is 0.421. The quantitative estimate of drug-likeness (QED) is 0.516. The van der Waals surface area contributed by atoms with Gasteiger partial charge in [-0.05, 0) is 48.0 Å². The first-order chi connectivity index (χ1) is 15.6. The largest absolute Gasteiger partial charge is 0.497 e. The third-order valence-electron chi connectivity index (χ3n) is 5.56. The molecule has 0 atom stereocenters. The van der Waals surface area contributed by atoms with E-state index in [0.29, 0.717) is 31.0 Å². The highest BCUT2D eigenvalue weighted by Crippen LogP contribution is 2.32. The van der Waals surface area contributed by atoms with Gasteiger partial charge in [0.05, 0.1) is 26.3 Å². The van der Waals surface area contributed by atoms with Crippen LogP contribution in [0, 0.1) is 0 Å². The molecule has 2 aromatic carbocycles. The number of carbonyl (C=O) groups excluding carboxylic acids is 1. The van der Waals surface area contributed by atoms with E-state index >= 15 is 0 Å². The van der Waals surface area contributed by atoms with Crippen LogP contribution in [0.3, 0.4) is 0 Å². The number of nitrogens with zero attached hydrogens (tertiary/aromatic N) is 4. The lowest BCUT2D eigenvalue weighted by molar-refractivity contribution is -0.130. The summed E-state index contributed by atoms with van der Waals surface area (Å²) in [7, 11) is 3.26. The van der Waals surface area contributed by atoms with E-state index in [0.717, 1.165) is 40.3 Å². The van der Waals surface area contributed by atoms with Crippen molar-refractivity contribution in [2.75, 3.05) is 45.3 Å². The molecule has 1 amide bonds. The first-order valence-corrected chi connectivity index (χ1v) is 11.2. The summed E-state index contributed by atoms with van der Waals surface area (Å²) in [6, 6.07) is 17.4. The number of aromatic nitrogens is 2. The minimum Gasteiger partial charge on any atom is -0.497 e. The van der Waals surface area contributed by atoms with E-state index in [-0.39, 0.29) is 5.91 Å². The van der Waals surface area contributed by atoms with E-state index in [9.17, 15) is 4.79 Å². The van der Waals surface area contributed by atoms with Gasteiger partial charge in [-0.3, -0.25) is 4.79 Å². The van der Waals surface area contributed by atoms with Crippen LogP contribution in [0.5, 0.6) is 11.5 Å². The second kappa shape index (κ2) is 9.99. The molecule has 166 valence electrons. The Labute approximate surface area is 196 Å². The molecule has 1 saturated heterocycles. The first kappa shape index (κ1) is 22.1. The predicted octanol–water partition coefficient (Wildman–Crippen LogP) is 3.81. The van der Waals surface area contributed by atoms with E-state index in [1.54, 1.807) is 14.2 Å². The van der Waals surface area contributed by atoms with Gasteiger partial charge in [0, 0.05) is 36.2 Å². The fourth-order valence-electron chi connectivity index (χ4n) is 3.73. The van der Waals surface area contributed by atoms with Crippen LogP contribution in [-0.4, -0.2) is 61.4 Å². The molecule has 1 fully saturated rings. The lowest BCUT2D eigenvalue weighted by atomic mass is 10.1. The SMILES string of the molecule is COc1ccc(OC)c(-c2ccc(N3CCN(C(=O)Cc4ccc(Br)cc4)CC3)nn2)c1. The number of rotatable bonds is 6. The van der Waals surface area contributed by atoms with Crippen LogP contribution in [0.25, 0.3) is 11.3 Å². The molecule has 4 rings (SSSR count). The van der Waals surface area contributed by atoms with E-state index in [1.165, 1.54) is 0 Å². The second-order valence-electron chi connectivity index (χ2n) is 7.51. The van der Waals surface area contributed by atoms with E-state index < -0.39 is 0 Å². The monoisotopic (exact) mass is 496 g/mol. The number of anilines is 1. The Morgan fingerprint density at radius 3 is 2.31 bits per heavy atom. The highest BCUT2D eigenvalue weighted by molar-refractivity contribution is 9.10. The smallest absolute Gasteiger partial charge is 0.227 e. The Morgan fingerprint density at radius 2 is 1.69 bits per heavy atom. The maximum Gasteiger partial charge on any atom is 0.227 e. The first-order valence-electron chi connectivity index (χ1n) is 10.4. The average Bonchev–Trinajstić information content (AvgIpc) is 2.85. The summed E-state index contributed by atoms with van der Waals surface area (Å²) in [5.74, 6) is 2.40. The minimum atomic E-state index is 0.151. The molecule has 7 nitrogen and oxygen atoms in total. The summed E-state index contributed by atoms with van der Waals surface area (Å²) in [5, 5.41) is 8.84. The number of amides is 1. The zero-order chi connectivity index (χ0) is 22.5. The molecule has 0 N–H and O–H groups in total. The fraction of sp³-hybridized carbons (Fsp3) is 0.292. The molecule has 1 aliphatic heterocycles. The lowest BCUT2D eigenvalue weighted by Crippen LogP contribution is -2.49. The topological polar surface area (TPSA) is 67.8 Å². The fourth-order valence-corrected chi connectivity index (χ4v) is 3.99. The van der Waals surface area contributed by atoms with Crippen LogP contribution in [0.1, 0.15) is 5.56 Å². The number of methoxy groups -OCH3 is 2. The van der Waals surface area contributed by atoms with Crippen molar-refractivity contribution in [1.82, 2.24) is 15.1 Å². The van der Waals surface area contributed by atoms with Gasteiger partial charge in [0.15, 0.2) is 5.82 Å². The third-order valence-corrected chi connectivity index (χ3v) is 6.09. The maximum atomic E-state index is 12.7. The third kappa shape index (κ3) is 5.02. The Morgan fingerprint density at radius 1 is 0.938 bits per heavy atom. The van der Waals surface area contributed by atoms with Crippen molar-refractivity contribution in [1.29, 1.82) is 0 Å². The molecule has 0 spiro atoms. The highest BCUT2D eigenvalue weighted by Gasteiger charge is 2.22. The van der Waals surface area contributed by atoms with Gasteiger partial charge in [0.25, 0.3) is 0 Å². The molecule has 1 aromatic heterocycles.